The quantitative estimate of drug-likeness (QED) is 0.260. The Morgan fingerprint density at radius 1 is 1.27 bits per heavy atom. The first-order valence-corrected chi connectivity index (χ1v) is 13.8. The molecule has 0 saturated carbocycles. The van der Waals surface area contributed by atoms with Gasteiger partial charge >= 0.3 is 0 Å². The van der Waals surface area contributed by atoms with Crippen LogP contribution in [-0.2, 0) is 11.2 Å². The van der Waals surface area contributed by atoms with Gasteiger partial charge in [0.05, 0.1) is 40.4 Å². The maximum Gasteiger partial charge on any atom is 0.248 e. The highest BCUT2D eigenvalue weighted by Crippen LogP contribution is 2.37. The molecule has 11 heteroatoms. The number of anilines is 3. The number of benzene rings is 1. The van der Waals surface area contributed by atoms with Gasteiger partial charge in [0.2, 0.25) is 5.91 Å². The summed E-state index contributed by atoms with van der Waals surface area (Å²) in [6.45, 7) is 8.29. The van der Waals surface area contributed by atoms with E-state index >= 15 is 0 Å². The number of pyridine rings is 2. The van der Waals surface area contributed by atoms with E-state index in [1.54, 1.807) is 22.9 Å². The molecular formula is C30H34N8O3. The van der Waals surface area contributed by atoms with Gasteiger partial charge in [-0.25, -0.2) is 0 Å². The van der Waals surface area contributed by atoms with E-state index < -0.39 is 5.60 Å². The Hall–Kier alpha value is -4.53. The Morgan fingerprint density at radius 3 is 2.80 bits per heavy atom. The molecule has 5 rings (SSSR count). The largest absolute Gasteiger partial charge is 0.492 e. The predicted molar refractivity (Wildman–Crippen MR) is 157 cm³/mol. The molecule has 0 unspecified atom stereocenters. The Morgan fingerprint density at radius 2 is 2.07 bits per heavy atom. The molecule has 1 saturated heterocycles. The average molecular weight is 555 g/mol. The van der Waals surface area contributed by atoms with Crippen LogP contribution >= 0.6 is 0 Å². The fourth-order valence-corrected chi connectivity index (χ4v) is 4.96. The predicted octanol–water partition coefficient (Wildman–Crippen LogP) is 4.20. The zero-order chi connectivity index (χ0) is 29.0. The van der Waals surface area contributed by atoms with Gasteiger partial charge < -0.3 is 20.5 Å². The molecule has 41 heavy (non-hydrogen) atoms. The Kier molecular flexibility index (Phi) is 8.14. The van der Waals surface area contributed by atoms with Crippen LogP contribution in [0, 0.1) is 11.3 Å². The molecule has 1 amide bonds. The van der Waals surface area contributed by atoms with E-state index in [9.17, 15) is 15.2 Å². The number of hydrogen-bond acceptors (Lipinski definition) is 9. The van der Waals surface area contributed by atoms with Crippen molar-refractivity contribution in [2.45, 2.75) is 45.6 Å². The van der Waals surface area contributed by atoms with Crippen LogP contribution in [0.25, 0.3) is 16.6 Å². The van der Waals surface area contributed by atoms with Crippen molar-refractivity contribution in [3.63, 3.8) is 0 Å². The molecule has 1 aromatic carbocycles. The van der Waals surface area contributed by atoms with Gasteiger partial charge in [0.25, 0.3) is 0 Å². The van der Waals surface area contributed by atoms with Gasteiger partial charge in [0.1, 0.15) is 18.1 Å². The van der Waals surface area contributed by atoms with Crippen LogP contribution in [0.5, 0.6) is 5.75 Å². The Bertz CT molecular complexity index is 1640. The van der Waals surface area contributed by atoms with E-state index in [1.165, 1.54) is 6.08 Å². The number of nitriles is 1. The van der Waals surface area contributed by atoms with Crippen molar-refractivity contribution in [1.82, 2.24) is 24.5 Å². The second kappa shape index (κ2) is 11.9. The summed E-state index contributed by atoms with van der Waals surface area (Å²) in [5.41, 5.74) is 3.59. The molecule has 4 aromatic rings. The monoisotopic (exact) mass is 554 g/mol. The first-order valence-electron chi connectivity index (χ1n) is 13.8. The molecule has 0 aliphatic carbocycles. The van der Waals surface area contributed by atoms with Crippen molar-refractivity contribution < 1.29 is 14.6 Å². The van der Waals surface area contributed by atoms with Crippen molar-refractivity contribution >= 4 is 39.5 Å². The zero-order valence-corrected chi connectivity index (χ0v) is 23.5. The highest BCUT2D eigenvalue weighted by molar-refractivity contribution is 6.05. The molecule has 3 N–H and O–H groups in total. The smallest absolute Gasteiger partial charge is 0.248 e. The summed E-state index contributed by atoms with van der Waals surface area (Å²) in [7, 11) is 0. The number of ether oxygens (including phenoxy) is 1. The number of piperidine rings is 1. The lowest BCUT2D eigenvalue weighted by Crippen LogP contribution is -2.42. The van der Waals surface area contributed by atoms with Crippen LogP contribution in [0.1, 0.15) is 44.9 Å². The van der Waals surface area contributed by atoms with Gasteiger partial charge in [-0.15, -0.1) is 10.2 Å². The summed E-state index contributed by atoms with van der Waals surface area (Å²) in [5.74, 6) is 0.204. The van der Waals surface area contributed by atoms with Crippen LogP contribution in [-0.4, -0.2) is 67.3 Å². The lowest BCUT2D eigenvalue weighted by Gasteiger charge is -2.35. The third-order valence-electron chi connectivity index (χ3n) is 7.30. The molecule has 0 radical (unpaired) electrons. The van der Waals surface area contributed by atoms with Gasteiger partial charge in [-0.3, -0.25) is 19.1 Å². The topological polar surface area (TPSA) is 141 Å². The standard InChI is InChI=1S/C30H34N8O3/c1-4-23-22(18-31)29(33-20-8-12-38-19-32-36-27(38)15-20)21-16-25(26(41-5-2)17-24(21)34-23)35-28(39)7-6-11-37-13-9-30(3,40)10-14-37/h6-8,12,15-17,19,40H,4-5,9-11,13-14H2,1-3H3,(H,33,34)(H,35,39)/b7-6+. The van der Waals surface area contributed by atoms with E-state index in [0.29, 0.717) is 77.3 Å². The van der Waals surface area contributed by atoms with Gasteiger partial charge in [-0.2, -0.15) is 5.26 Å². The van der Waals surface area contributed by atoms with Crippen LogP contribution in [0.15, 0.2) is 48.9 Å². The van der Waals surface area contributed by atoms with E-state index in [2.05, 4.69) is 31.8 Å². The molecule has 4 heterocycles. The molecule has 1 aliphatic heterocycles. The molecule has 3 aromatic heterocycles. The lowest BCUT2D eigenvalue weighted by molar-refractivity contribution is -0.112. The van der Waals surface area contributed by atoms with Crippen molar-refractivity contribution in [3.8, 4) is 11.8 Å². The first kappa shape index (κ1) is 28.0. The second-order valence-electron chi connectivity index (χ2n) is 10.4. The molecular weight excluding hydrogens is 520 g/mol. The first-order chi connectivity index (χ1) is 19.8. The number of aryl methyl sites for hydroxylation is 1. The van der Waals surface area contributed by atoms with Gasteiger partial charge in [0, 0.05) is 55.1 Å². The maximum absolute atomic E-state index is 12.9. The van der Waals surface area contributed by atoms with E-state index in [0.717, 1.165) is 18.8 Å². The van der Waals surface area contributed by atoms with Crippen LogP contribution < -0.4 is 15.4 Å². The summed E-state index contributed by atoms with van der Waals surface area (Å²) in [6.07, 6.45) is 8.79. The molecule has 0 spiro atoms. The number of fused-ring (bicyclic) bond motifs is 2. The third-order valence-corrected chi connectivity index (χ3v) is 7.30. The SMILES string of the molecule is CCOc1cc2nc(CC)c(C#N)c(Nc3ccn4cnnc4c3)c2cc1NC(=O)/C=C/CN1CCC(C)(O)CC1. The number of aliphatic hydroxyl groups is 1. The number of likely N-dealkylation sites (tertiary alicyclic amines) is 1. The van der Waals surface area contributed by atoms with Crippen LogP contribution in [0.4, 0.5) is 17.1 Å². The van der Waals surface area contributed by atoms with E-state index in [1.807, 2.05) is 45.2 Å². The van der Waals surface area contributed by atoms with E-state index in [-0.39, 0.29) is 5.91 Å². The third kappa shape index (κ3) is 6.29. The average Bonchev–Trinajstić information content (AvgIpc) is 3.42. The van der Waals surface area contributed by atoms with Crippen LogP contribution in [0.2, 0.25) is 0 Å². The number of rotatable bonds is 9. The lowest BCUT2D eigenvalue weighted by atomic mass is 9.94. The number of carbonyl (C=O) groups excluding carboxylic acids is 1. The molecule has 0 bridgehead atoms. The Balaban J connectivity index is 1.46. The molecule has 1 aliphatic rings. The summed E-state index contributed by atoms with van der Waals surface area (Å²) in [5, 5.41) is 35.3. The second-order valence-corrected chi connectivity index (χ2v) is 10.4. The summed E-state index contributed by atoms with van der Waals surface area (Å²) in [6, 6.07) is 9.63. The number of amides is 1. The van der Waals surface area contributed by atoms with Crippen molar-refractivity contribution in [2.75, 3.05) is 36.9 Å². The number of nitrogens with zero attached hydrogens (tertiary/aromatic N) is 6. The summed E-state index contributed by atoms with van der Waals surface area (Å²) < 4.78 is 7.67. The number of nitrogens with one attached hydrogen (secondary N) is 2. The number of aromatic nitrogens is 4. The Labute approximate surface area is 238 Å². The normalized spacial score (nSPS) is 15.3. The molecule has 1 fully saturated rings. The minimum Gasteiger partial charge on any atom is -0.492 e. The summed E-state index contributed by atoms with van der Waals surface area (Å²) in [4.78, 5) is 19.9. The van der Waals surface area contributed by atoms with Crippen LogP contribution in [0.3, 0.4) is 0 Å². The van der Waals surface area contributed by atoms with Gasteiger partial charge in [-0.05, 0) is 45.2 Å². The molecule has 11 nitrogen and oxygen atoms in total. The minimum atomic E-state index is -0.613. The summed E-state index contributed by atoms with van der Waals surface area (Å²) >= 11 is 0. The van der Waals surface area contributed by atoms with Gasteiger partial charge in [0.15, 0.2) is 5.65 Å². The highest BCUT2D eigenvalue weighted by atomic mass is 16.5. The minimum absolute atomic E-state index is 0.292. The van der Waals surface area contributed by atoms with E-state index in [4.69, 9.17) is 9.72 Å². The van der Waals surface area contributed by atoms with Crippen molar-refractivity contribution in [2.24, 2.45) is 0 Å². The molecule has 0 atom stereocenters. The van der Waals surface area contributed by atoms with Crippen molar-refractivity contribution in [3.05, 3.63) is 60.2 Å². The fourth-order valence-electron chi connectivity index (χ4n) is 4.96. The highest BCUT2D eigenvalue weighted by Gasteiger charge is 2.26. The maximum atomic E-state index is 12.9. The fraction of sp³-hybridized carbons (Fsp3) is 0.367. The molecule has 212 valence electrons. The van der Waals surface area contributed by atoms with Gasteiger partial charge in [-0.1, -0.05) is 13.0 Å². The number of hydrogen-bond donors (Lipinski definition) is 3. The zero-order valence-electron chi connectivity index (χ0n) is 23.5. The number of carbonyl (C=O) groups is 1. The van der Waals surface area contributed by atoms with Crippen molar-refractivity contribution in [1.29, 1.82) is 5.26 Å².